The molecule has 0 aliphatic carbocycles. The molecule has 2 aliphatic rings. The molecular weight excluding hydrogens is 394 g/mol. The average molecular weight is 420 g/mol. The van der Waals surface area contributed by atoms with Gasteiger partial charge in [0.1, 0.15) is 29.4 Å². The number of amidine groups is 1. The zero-order valence-corrected chi connectivity index (χ0v) is 18.0. The molecule has 0 amide bonds. The van der Waals surface area contributed by atoms with Gasteiger partial charge in [-0.2, -0.15) is 0 Å². The molecule has 0 bridgehead atoms. The lowest BCUT2D eigenvalue weighted by atomic mass is 10.0. The first-order valence-corrected chi connectivity index (χ1v) is 11.5. The van der Waals surface area contributed by atoms with Gasteiger partial charge in [0.25, 0.3) is 0 Å². The van der Waals surface area contributed by atoms with E-state index in [0.717, 1.165) is 45.9 Å². The van der Waals surface area contributed by atoms with Gasteiger partial charge in [-0.15, -0.1) is 0 Å². The number of fused-ring (bicyclic) bond motifs is 1. The van der Waals surface area contributed by atoms with Crippen LogP contribution in [0.25, 0.3) is 11.3 Å². The molecule has 0 spiro atoms. The van der Waals surface area contributed by atoms with E-state index < -0.39 is 0 Å². The fraction of sp³-hybridized carbons (Fsp3) is 0.333. The molecule has 4 heterocycles. The Morgan fingerprint density at radius 2 is 1.97 bits per heavy atom. The highest BCUT2D eigenvalue weighted by atomic mass is 32.2. The predicted molar refractivity (Wildman–Crippen MR) is 121 cm³/mol. The Labute approximate surface area is 181 Å². The van der Waals surface area contributed by atoms with Gasteiger partial charge in [0, 0.05) is 23.6 Å². The predicted octanol–water partition coefficient (Wildman–Crippen LogP) is 5.72. The van der Waals surface area contributed by atoms with Crippen molar-refractivity contribution in [3.63, 3.8) is 0 Å². The van der Waals surface area contributed by atoms with Crippen LogP contribution in [0.15, 0.2) is 70.2 Å². The van der Waals surface area contributed by atoms with Crippen molar-refractivity contribution in [3.8, 4) is 17.1 Å². The lowest BCUT2D eigenvalue weighted by Crippen LogP contribution is -2.35. The van der Waals surface area contributed by atoms with Crippen LogP contribution in [0.3, 0.4) is 0 Å². The van der Waals surface area contributed by atoms with E-state index in [9.17, 15) is 0 Å². The number of aliphatic imine (C=N–C) groups is 1. The van der Waals surface area contributed by atoms with E-state index in [2.05, 4.69) is 35.0 Å². The Balaban J connectivity index is 1.49. The van der Waals surface area contributed by atoms with Crippen molar-refractivity contribution in [1.82, 2.24) is 9.88 Å². The van der Waals surface area contributed by atoms with E-state index in [-0.39, 0.29) is 12.1 Å². The summed E-state index contributed by atoms with van der Waals surface area (Å²) in [6, 6.07) is 18.7. The van der Waals surface area contributed by atoms with Crippen molar-refractivity contribution < 1.29 is 9.15 Å². The molecule has 30 heavy (non-hydrogen) atoms. The van der Waals surface area contributed by atoms with Gasteiger partial charge in [0.2, 0.25) is 0 Å². The normalized spacial score (nSPS) is 22.8. The molecule has 154 valence electrons. The maximum Gasteiger partial charge on any atom is 0.161 e. The van der Waals surface area contributed by atoms with Crippen LogP contribution in [-0.4, -0.2) is 33.5 Å². The minimum absolute atomic E-state index is 0.0336. The Kier molecular flexibility index (Phi) is 5.25. The highest BCUT2D eigenvalue weighted by Gasteiger charge is 2.46. The van der Waals surface area contributed by atoms with Crippen molar-refractivity contribution in [2.45, 2.75) is 38.4 Å². The zero-order chi connectivity index (χ0) is 20.5. The largest absolute Gasteiger partial charge is 0.494 e. The van der Waals surface area contributed by atoms with E-state index in [1.54, 1.807) is 0 Å². The summed E-state index contributed by atoms with van der Waals surface area (Å²) in [6.07, 6.45) is 2.93. The summed E-state index contributed by atoms with van der Waals surface area (Å²) in [5.41, 5.74) is 2.03. The van der Waals surface area contributed by atoms with Gasteiger partial charge < -0.3 is 14.1 Å². The molecule has 3 unspecified atom stereocenters. The van der Waals surface area contributed by atoms with Crippen LogP contribution < -0.4 is 4.74 Å². The van der Waals surface area contributed by atoms with Crippen LogP contribution in [0.4, 0.5) is 0 Å². The molecule has 6 heteroatoms. The van der Waals surface area contributed by atoms with Crippen molar-refractivity contribution in [2.75, 3.05) is 12.4 Å². The second-order valence-corrected chi connectivity index (χ2v) is 8.48. The number of pyridine rings is 1. The van der Waals surface area contributed by atoms with Gasteiger partial charge in [0.05, 0.1) is 12.3 Å². The first kappa shape index (κ1) is 19.2. The zero-order valence-electron chi connectivity index (χ0n) is 17.2. The van der Waals surface area contributed by atoms with E-state index in [0.29, 0.717) is 12.6 Å². The lowest BCUT2D eigenvalue weighted by molar-refractivity contribution is 0.226. The molecule has 3 atom stereocenters. The molecule has 1 fully saturated rings. The number of thioether (sulfide) groups is 1. The van der Waals surface area contributed by atoms with Gasteiger partial charge in [0.15, 0.2) is 5.17 Å². The summed E-state index contributed by atoms with van der Waals surface area (Å²) in [7, 11) is 0. The van der Waals surface area contributed by atoms with E-state index in [1.807, 2.05) is 61.3 Å². The number of aromatic nitrogens is 1. The summed E-state index contributed by atoms with van der Waals surface area (Å²) in [5, 5.41) is 1.11. The van der Waals surface area contributed by atoms with E-state index in [4.69, 9.17) is 14.1 Å². The standard InChI is InChI=1S/C24H25N3O2S/c1-3-17-15-30-24-26-22(19-7-5-6-14-25-19)23(27(17)24)21-13-12-20(29-21)16-8-10-18(11-9-16)28-4-2/h5-14,17,22-23H,3-4,15H2,1-2H3. The van der Waals surface area contributed by atoms with Gasteiger partial charge in [-0.3, -0.25) is 4.98 Å². The van der Waals surface area contributed by atoms with E-state index >= 15 is 0 Å². The summed E-state index contributed by atoms with van der Waals surface area (Å²) in [6.45, 7) is 4.89. The molecule has 1 aromatic carbocycles. The molecular formula is C24H25N3O2S. The SMILES string of the molecule is CCOc1ccc(-c2ccc(C3C(c4ccccn4)N=C4SCC(CC)N43)o2)cc1. The first-order chi connectivity index (χ1) is 14.8. The Hall–Kier alpha value is -2.73. The van der Waals surface area contributed by atoms with Crippen molar-refractivity contribution in [1.29, 1.82) is 0 Å². The summed E-state index contributed by atoms with van der Waals surface area (Å²) in [5.74, 6) is 3.75. The minimum Gasteiger partial charge on any atom is -0.494 e. The second-order valence-electron chi connectivity index (χ2n) is 7.50. The number of nitrogens with zero attached hydrogens (tertiary/aromatic N) is 3. The Bertz CT molecular complexity index is 1030. The summed E-state index contributed by atoms with van der Waals surface area (Å²) >= 11 is 1.84. The minimum atomic E-state index is -0.0534. The van der Waals surface area contributed by atoms with Crippen molar-refractivity contribution in [2.24, 2.45) is 4.99 Å². The third kappa shape index (κ3) is 3.39. The van der Waals surface area contributed by atoms with Gasteiger partial charge in [-0.25, -0.2) is 4.99 Å². The molecule has 3 aromatic rings. The van der Waals surface area contributed by atoms with Crippen LogP contribution in [0, 0.1) is 0 Å². The molecule has 0 saturated carbocycles. The number of rotatable bonds is 6. The van der Waals surface area contributed by atoms with Gasteiger partial charge in [-0.1, -0.05) is 24.8 Å². The van der Waals surface area contributed by atoms with Crippen molar-refractivity contribution >= 4 is 16.9 Å². The third-order valence-electron chi connectivity index (χ3n) is 5.70. The maximum absolute atomic E-state index is 6.41. The van der Waals surface area contributed by atoms with Crippen LogP contribution in [0.2, 0.25) is 0 Å². The fourth-order valence-electron chi connectivity index (χ4n) is 4.21. The topological polar surface area (TPSA) is 50.9 Å². The molecule has 5 nitrogen and oxygen atoms in total. The number of furan rings is 1. The van der Waals surface area contributed by atoms with Crippen LogP contribution in [0.5, 0.6) is 5.75 Å². The van der Waals surface area contributed by atoms with Crippen molar-refractivity contribution in [3.05, 3.63) is 72.2 Å². The number of hydrogen-bond donors (Lipinski definition) is 0. The fourth-order valence-corrected chi connectivity index (χ4v) is 5.55. The Morgan fingerprint density at radius 3 is 2.70 bits per heavy atom. The smallest absolute Gasteiger partial charge is 0.161 e. The van der Waals surface area contributed by atoms with Crippen LogP contribution in [-0.2, 0) is 0 Å². The first-order valence-electron chi connectivity index (χ1n) is 10.5. The highest BCUT2D eigenvalue weighted by Crippen LogP contribution is 2.49. The highest BCUT2D eigenvalue weighted by molar-refractivity contribution is 8.14. The van der Waals surface area contributed by atoms with Gasteiger partial charge in [-0.05, 0) is 61.9 Å². The summed E-state index contributed by atoms with van der Waals surface area (Å²) in [4.78, 5) is 12.1. The van der Waals surface area contributed by atoms with Crippen LogP contribution >= 0.6 is 11.8 Å². The number of benzene rings is 1. The molecule has 2 aromatic heterocycles. The molecule has 2 aliphatic heterocycles. The molecule has 0 N–H and O–H groups in total. The second kappa shape index (κ2) is 8.19. The summed E-state index contributed by atoms with van der Waals surface area (Å²) < 4.78 is 12.0. The molecule has 5 rings (SSSR count). The van der Waals surface area contributed by atoms with Crippen LogP contribution in [0.1, 0.15) is 43.8 Å². The Morgan fingerprint density at radius 1 is 1.10 bits per heavy atom. The maximum atomic E-state index is 6.41. The van der Waals surface area contributed by atoms with Gasteiger partial charge >= 0.3 is 0 Å². The molecule has 1 saturated heterocycles. The quantitative estimate of drug-likeness (QED) is 0.511. The molecule has 0 radical (unpaired) electrons. The number of ether oxygens (including phenoxy) is 1. The monoisotopic (exact) mass is 419 g/mol. The van der Waals surface area contributed by atoms with E-state index in [1.165, 1.54) is 0 Å². The third-order valence-corrected chi connectivity index (χ3v) is 6.82. The lowest BCUT2D eigenvalue weighted by Gasteiger charge is -2.30. The average Bonchev–Trinajstić information content (AvgIpc) is 3.50. The number of hydrogen-bond acceptors (Lipinski definition) is 6.